The van der Waals surface area contributed by atoms with Crippen molar-refractivity contribution in [2.45, 2.75) is 0 Å². The van der Waals surface area contributed by atoms with Gasteiger partial charge >= 0.3 is 0 Å². The van der Waals surface area contributed by atoms with Crippen LogP contribution in [0.5, 0.6) is 0 Å². The van der Waals surface area contributed by atoms with E-state index in [9.17, 15) is 0 Å². The van der Waals surface area contributed by atoms with Crippen molar-refractivity contribution in [3.63, 3.8) is 0 Å². The predicted molar refractivity (Wildman–Crippen MR) is 14.6 cm³/mol. The minimum absolute atomic E-state index is 0. The second kappa shape index (κ2) is 10.1. The molecule has 0 unspecified atom stereocenters. The first-order valence-electron chi connectivity index (χ1n) is 0.447. The molecule has 1 radical (unpaired) electrons. The molecule has 0 atom stereocenters. The number of thiol groups is 1. The zero-order valence-corrected chi connectivity index (χ0v) is 3.85. The molecule has 0 saturated heterocycles. The number of hydrogen-bond acceptors (Lipinski definition) is 2. The van der Waals surface area contributed by atoms with Gasteiger partial charge in [-0.2, -0.15) is 5.26 Å². The Morgan fingerprint density at radius 1 is 1.75 bits per heavy atom. The van der Waals surface area contributed by atoms with Crippen LogP contribution in [0, 0.1) is 10.7 Å². The van der Waals surface area contributed by atoms with E-state index in [2.05, 4.69) is 12.6 Å². The van der Waals surface area contributed by atoms with E-state index >= 15 is 0 Å². The normalized spacial score (nSPS) is 2.00. The Morgan fingerprint density at radius 3 is 1.75 bits per heavy atom. The summed E-state index contributed by atoms with van der Waals surface area (Å²) in [7, 11) is 0. The largest absolute Gasteiger partial charge is 0.185 e. The van der Waals surface area contributed by atoms with E-state index in [1.165, 1.54) is 5.40 Å². The summed E-state index contributed by atoms with van der Waals surface area (Å²) in [5.74, 6) is 0. The maximum atomic E-state index is 7.18. The van der Waals surface area contributed by atoms with Crippen LogP contribution in [0.3, 0.4) is 0 Å². The van der Waals surface area contributed by atoms with Gasteiger partial charge in [0.25, 0.3) is 0 Å². The Hall–Kier alpha value is 0.359. The molecule has 0 amide bonds. The average Bonchev–Trinajstić information content (AvgIpc) is 0.918. The molecule has 0 spiro atoms. The van der Waals surface area contributed by atoms with Gasteiger partial charge in [-0.1, -0.05) is 12.6 Å². The fraction of sp³-hybridized carbons (Fsp3) is 0. The maximum absolute atomic E-state index is 7.18. The van der Waals surface area contributed by atoms with Crippen molar-refractivity contribution in [3.8, 4) is 5.40 Å². The van der Waals surface area contributed by atoms with Crippen molar-refractivity contribution in [3.05, 3.63) is 0 Å². The number of rotatable bonds is 0. The van der Waals surface area contributed by atoms with Gasteiger partial charge in [0.1, 0.15) is 5.40 Å². The first kappa shape index (κ1) is 8.84. The predicted octanol–water partition coefficient (Wildman–Crippen LogP) is 0.395. The maximum Gasteiger partial charge on any atom is 0.130 e. The second-order valence-electron chi connectivity index (χ2n) is 0.100. The minimum atomic E-state index is 0. The van der Waals surface area contributed by atoms with Gasteiger partial charge in [0.05, 0.1) is 0 Å². The van der Waals surface area contributed by atoms with E-state index in [4.69, 9.17) is 5.26 Å². The zero-order valence-electron chi connectivity index (χ0n) is 1.77. The van der Waals surface area contributed by atoms with Crippen LogP contribution in [0.2, 0.25) is 0 Å². The van der Waals surface area contributed by atoms with E-state index < -0.39 is 0 Å². The van der Waals surface area contributed by atoms with Crippen molar-refractivity contribution in [2.75, 3.05) is 0 Å². The molecule has 0 fully saturated rings. The monoisotopic (exact) mass is 114 g/mol. The van der Waals surface area contributed by atoms with E-state index in [0.29, 0.717) is 0 Å². The van der Waals surface area contributed by atoms with Gasteiger partial charge in [-0.25, -0.2) is 0 Å². The molecular weight excluding hydrogens is 113 g/mol. The second-order valence-corrected chi connectivity index (χ2v) is 0.300. The molecule has 0 aliphatic rings. The molecule has 3 heteroatoms. The SMILES string of the molecule is N#CS.[Mn]. The van der Waals surface area contributed by atoms with Gasteiger partial charge in [0, 0.05) is 17.1 Å². The number of thiocyanates is 1. The van der Waals surface area contributed by atoms with Crippen LogP contribution in [-0.4, -0.2) is 0 Å². The molecule has 0 heterocycles. The van der Waals surface area contributed by atoms with Gasteiger partial charge < -0.3 is 0 Å². The molecule has 0 aliphatic heterocycles. The van der Waals surface area contributed by atoms with Gasteiger partial charge in [0.15, 0.2) is 0 Å². The van der Waals surface area contributed by atoms with Crippen molar-refractivity contribution in [2.24, 2.45) is 0 Å². The van der Waals surface area contributed by atoms with Gasteiger partial charge in [0.2, 0.25) is 0 Å². The van der Waals surface area contributed by atoms with Crippen molar-refractivity contribution >= 4 is 12.6 Å². The summed E-state index contributed by atoms with van der Waals surface area (Å²) in [5, 5.41) is 8.63. The van der Waals surface area contributed by atoms with Crippen molar-refractivity contribution in [1.29, 1.82) is 5.26 Å². The van der Waals surface area contributed by atoms with Crippen LogP contribution in [0.25, 0.3) is 0 Å². The third kappa shape index (κ3) is 33.7. The summed E-state index contributed by atoms with van der Waals surface area (Å²) >= 11 is 3.09. The smallest absolute Gasteiger partial charge is 0.130 e. The van der Waals surface area contributed by atoms with Gasteiger partial charge in [-0.15, -0.1) is 0 Å². The Bertz CT molecular complexity index is 29.5. The Morgan fingerprint density at radius 2 is 1.75 bits per heavy atom. The molecule has 1 nitrogen and oxygen atoms in total. The van der Waals surface area contributed by atoms with E-state index in [-0.39, 0.29) is 17.1 Å². The first-order valence-corrected chi connectivity index (χ1v) is 0.894. The third-order valence-electron chi connectivity index (χ3n) is 0. The fourth-order valence-electron chi connectivity index (χ4n) is 0. The summed E-state index contributed by atoms with van der Waals surface area (Å²) < 4.78 is 0. The molecule has 0 rings (SSSR count). The van der Waals surface area contributed by atoms with Crippen molar-refractivity contribution < 1.29 is 17.1 Å². The molecule has 0 aromatic heterocycles. The number of nitrogens with zero attached hydrogens (tertiary/aromatic N) is 1. The molecule has 0 bridgehead atoms. The number of hydrogen-bond donors (Lipinski definition) is 1. The van der Waals surface area contributed by atoms with E-state index in [1.807, 2.05) is 0 Å². The standard InChI is InChI=1S/CHNS.Mn/c2-1-3;/h3H;. The molecule has 0 aromatic rings. The van der Waals surface area contributed by atoms with Gasteiger partial charge in [-0.05, 0) is 0 Å². The van der Waals surface area contributed by atoms with Crippen LogP contribution in [0.15, 0.2) is 0 Å². The van der Waals surface area contributed by atoms with Crippen LogP contribution < -0.4 is 0 Å². The Kier molecular flexibility index (Phi) is 22.4. The molecular formula is CHMnNS. The molecule has 0 saturated carbocycles. The summed E-state index contributed by atoms with van der Waals surface area (Å²) in [6, 6.07) is 0. The molecule has 0 aliphatic carbocycles. The van der Waals surface area contributed by atoms with E-state index in [1.54, 1.807) is 0 Å². The van der Waals surface area contributed by atoms with Crippen molar-refractivity contribution in [1.82, 2.24) is 0 Å². The molecule has 0 aromatic carbocycles. The van der Waals surface area contributed by atoms with Crippen LogP contribution in [0.1, 0.15) is 0 Å². The summed E-state index contributed by atoms with van der Waals surface area (Å²) in [6.45, 7) is 0. The van der Waals surface area contributed by atoms with Crippen LogP contribution in [-0.2, 0) is 17.1 Å². The summed E-state index contributed by atoms with van der Waals surface area (Å²) in [6.07, 6.45) is 0. The van der Waals surface area contributed by atoms with Crippen LogP contribution >= 0.6 is 12.6 Å². The van der Waals surface area contributed by atoms with E-state index in [0.717, 1.165) is 0 Å². The zero-order chi connectivity index (χ0) is 2.71. The average molecular weight is 114 g/mol. The summed E-state index contributed by atoms with van der Waals surface area (Å²) in [4.78, 5) is 0. The van der Waals surface area contributed by atoms with Gasteiger partial charge in [-0.3, -0.25) is 0 Å². The molecule has 0 N–H and O–H groups in total. The third-order valence-corrected chi connectivity index (χ3v) is 0. The minimum Gasteiger partial charge on any atom is -0.185 e. The topological polar surface area (TPSA) is 23.8 Å². The summed E-state index contributed by atoms with van der Waals surface area (Å²) in [5.41, 5.74) is 0. The Balaban J connectivity index is 0. The first-order chi connectivity index (χ1) is 1.41. The Labute approximate surface area is 40.9 Å². The molecule has 23 valence electrons. The quantitative estimate of drug-likeness (QED) is 0.275. The fourth-order valence-corrected chi connectivity index (χ4v) is 0. The molecule has 4 heavy (non-hydrogen) atoms. The van der Waals surface area contributed by atoms with Crippen LogP contribution in [0.4, 0.5) is 0 Å². The number of nitriles is 1.